The van der Waals surface area contributed by atoms with Gasteiger partial charge in [0.05, 0.1) is 5.60 Å². The summed E-state index contributed by atoms with van der Waals surface area (Å²) in [6.07, 6.45) is 3.39. The van der Waals surface area contributed by atoms with E-state index < -0.39 is 0 Å². The molecule has 0 aliphatic heterocycles. The van der Waals surface area contributed by atoms with E-state index in [-0.39, 0.29) is 18.1 Å². The molecule has 1 N–H and O–H groups in total. The smallest absolute Gasteiger partial charge is 0.246 e. The van der Waals surface area contributed by atoms with E-state index in [9.17, 15) is 4.79 Å². The van der Waals surface area contributed by atoms with Crippen molar-refractivity contribution in [2.75, 3.05) is 13.2 Å². The van der Waals surface area contributed by atoms with Crippen LogP contribution < -0.4 is 5.32 Å². The summed E-state index contributed by atoms with van der Waals surface area (Å²) < 4.78 is 5.39. The van der Waals surface area contributed by atoms with Crippen molar-refractivity contribution >= 4 is 5.91 Å². The van der Waals surface area contributed by atoms with Crippen LogP contribution in [0.2, 0.25) is 0 Å². The Morgan fingerprint density at radius 1 is 1.06 bits per heavy atom. The average Bonchev–Trinajstić information content (AvgIpc) is 2.11. The van der Waals surface area contributed by atoms with Gasteiger partial charge >= 0.3 is 0 Å². The van der Waals surface area contributed by atoms with Crippen molar-refractivity contribution in [1.29, 1.82) is 0 Å². The lowest BCUT2D eigenvalue weighted by molar-refractivity contribution is -0.130. The normalized spacial score (nSPS) is 12.6. The van der Waals surface area contributed by atoms with Gasteiger partial charge in [-0.15, -0.1) is 0 Å². The van der Waals surface area contributed by atoms with Crippen molar-refractivity contribution < 1.29 is 9.53 Å². The molecular weight excluding hydrogens is 214 g/mol. The Balaban J connectivity index is 3.47. The van der Waals surface area contributed by atoms with Crippen LogP contribution in [0, 0.1) is 5.41 Å². The van der Waals surface area contributed by atoms with Crippen LogP contribution in [-0.4, -0.2) is 24.7 Å². The zero-order valence-electron chi connectivity index (χ0n) is 12.4. The van der Waals surface area contributed by atoms with E-state index in [1.165, 1.54) is 6.42 Å². The van der Waals surface area contributed by atoms with Gasteiger partial charge in [0.1, 0.15) is 6.61 Å². The van der Waals surface area contributed by atoms with Crippen LogP contribution >= 0.6 is 0 Å². The predicted molar refractivity (Wildman–Crippen MR) is 72.0 cm³/mol. The highest BCUT2D eigenvalue weighted by molar-refractivity contribution is 5.77. The number of amides is 1. The fourth-order valence-electron chi connectivity index (χ4n) is 1.34. The van der Waals surface area contributed by atoms with Gasteiger partial charge in [0.15, 0.2) is 0 Å². The molecule has 0 radical (unpaired) electrons. The van der Waals surface area contributed by atoms with Gasteiger partial charge < -0.3 is 10.1 Å². The Bertz CT molecular complexity index is 223. The van der Waals surface area contributed by atoms with Gasteiger partial charge in [0.2, 0.25) is 5.91 Å². The van der Waals surface area contributed by atoms with E-state index in [1.807, 2.05) is 20.8 Å². The van der Waals surface area contributed by atoms with E-state index in [2.05, 4.69) is 26.1 Å². The summed E-state index contributed by atoms with van der Waals surface area (Å²) in [5.74, 6) is -0.0179. The predicted octanol–water partition coefficient (Wildman–Crippen LogP) is 3.13. The number of unbranched alkanes of at least 4 members (excludes halogenated alkanes) is 1. The van der Waals surface area contributed by atoms with Crippen LogP contribution in [0.4, 0.5) is 0 Å². The molecule has 0 aromatic heterocycles. The molecule has 0 aromatic carbocycles. The first-order valence-corrected chi connectivity index (χ1v) is 6.51. The van der Waals surface area contributed by atoms with Crippen LogP contribution in [0.5, 0.6) is 0 Å². The molecule has 1 amide bonds. The second-order valence-corrected chi connectivity index (χ2v) is 6.77. The zero-order valence-corrected chi connectivity index (χ0v) is 12.4. The molecule has 0 aromatic rings. The van der Waals surface area contributed by atoms with E-state index >= 15 is 0 Å². The van der Waals surface area contributed by atoms with Crippen LogP contribution in [-0.2, 0) is 9.53 Å². The zero-order chi connectivity index (χ0) is 13.5. The van der Waals surface area contributed by atoms with Crippen molar-refractivity contribution in [2.24, 2.45) is 5.41 Å². The Morgan fingerprint density at radius 2 is 1.65 bits per heavy atom. The highest BCUT2D eigenvalue weighted by atomic mass is 16.5. The summed E-state index contributed by atoms with van der Waals surface area (Å²) in [5, 5.41) is 2.88. The summed E-state index contributed by atoms with van der Waals surface area (Å²) in [7, 11) is 0. The number of nitrogens with one attached hydrogen (secondary N) is 1. The topological polar surface area (TPSA) is 38.3 Å². The number of ether oxygens (including phenoxy) is 1. The van der Waals surface area contributed by atoms with Crippen LogP contribution in [0.1, 0.15) is 60.8 Å². The summed E-state index contributed by atoms with van der Waals surface area (Å²) in [4.78, 5) is 11.4. The molecule has 0 unspecified atom stereocenters. The summed E-state index contributed by atoms with van der Waals surface area (Å²) in [6, 6.07) is 0. The van der Waals surface area contributed by atoms with Gasteiger partial charge in [0, 0.05) is 6.54 Å². The number of hydrogen-bond acceptors (Lipinski definition) is 2. The molecular formula is C14H29NO2. The first-order valence-electron chi connectivity index (χ1n) is 6.51. The van der Waals surface area contributed by atoms with Crippen molar-refractivity contribution in [3.63, 3.8) is 0 Å². The van der Waals surface area contributed by atoms with Gasteiger partial charge in [-0.25, -0.2) is 0 Å². The molecule has 0 atom stereocenters. The standard InChI is InChI=1S/C14H29NO2/c1-13(2,3)9-7-8-10-15-12(16)11-17-14(4,5)6/h7-11H2,1-6H3,(H,15,16). The highest BCUT2D eigenvalue weighted by Gasteiger charge is 2.12. The van der Waals surface area contributed by atoms with Crippen molar-refractivity contribution in [2.45, 2.75) is 66.4 Å². The minimum Gasteiger partial charge on any atom is -0.366 e. The van der Waals surface area contributed by atoms with Crippen molar-refractivity contribution in [3.05, 3.63) is 0 Å². The Hall–Kier alpha value is -0.570. The van der Waals surface area contributed by atoms with E-state index in [0.29, 0.717) is 5.41 Å². The number of rotatable bonds is 6. The summed E-state index contributed by atoms with van der Waals surface area (Å²) in [6.45, 7) is 13.5. The first-order chi connectivity index (χ1) is 7.60. The monoisotopic (exact) mass is 243 g/mol. The molecule has 17 heavy (non-hydrogen) atoms. The Labute approximate surface area is 106 Å². The van der Waals surface area contributed by atoms with Gasteiger partial charge in [0.25, 0.3) is 0 Å². The Morgan fingerprint density at radius 3 is 2.12 bits per heavy atom. The van der Waals surface area contributed by atoms with Crippen LogP contribution in [0.15, 0.2) is 0 Å². The molecule has 0 saturated heterocycles. The quantitative estimate of drug-likeness (QED) is 0.728. The lowest BCUT2D eigenvalue weighted by Gasteiger charge is -2.19. The average molecular weight is 243 g/mol. The van der Waals surface area contributed by atoms with E-state index in [0.717, 1.165) is 19.4 Å². The highest BCUT2D eigenvalue weighted by Crippen LogP contribution is 2.21. The molecule has 0 aliphatic rings. The number of carbonyl (C=O) groups excluding carboxylic acids is 1. The van der Waals surface area contributed by atoms with E-state index in [1.54, 1.807) is 0 Å². The summed E-state index contributed by atoms with van der Waals surface area (Å²) in [5.41, 5.74) is 0.142. The third kappa shape index (κ3) is 13.4. The molecule has 0 rings (SSSR count). The van der Waals surface area contributed by atoms with Crippen LogP contribution in [0.25, 0.3) is 0 Å². The minimum atomic E-state index is -0.246. The van der Waals surface area contributed by atoms with Gasteiger partial charge in [-0.1, -0.05) is 27.2 Å². The molecule has 0 bridgehead atoms. The number of carbonyl (C=O) groups is 1. The maximum absolute atomic E-state index is 11.4. The molecule has 102 valence electrons. The summed E-state index contributed by atoms with van der Waals surface area (Å²) >= 11 is 0. The Kier molecular flexibility index (Phi) is 6.76. The van der Waals surface area contributed by atoms with E-state index in [4.69, 9.17) is 4.74 Å². The van der Waals surface area contributed by atoms with Crippen molar-refractivity contribution in [1.82, 2.24) is 5.32 Å². The van der Waals surface area contributed by atoms with Crippen LogP contribution in [0.3, 0.4) is 0 Å². The third-order valence-corrected chi connectivity index (χ3v) is 2.31. The molecule has 0 aliphatic carbocycles. The lowest BCUT2D eigenvalue weighted by atomic mass is 9.90. The molecule has 3 nitrogen and oxygen atoms in total. The van der Waals surface area contributed by atoms with Gasteiger partial charge in [-0.05, 0) is 39.0 Å². The molecule has 0 heterocycles. The molecule has 0 saturated carbocycles. The SMILES string of the molecule is CC(C)(C)CCCCNC(=O)COC(C)(C)C. The minimum absolute atomic E-state index is 0.0179. The molecule has 3 heteroatoms. The number of hydrogen-bond donors (Lipinski definition) is 1. The third-order valence-electron chi connectivity index (χ3n) is 2.31. The maximum Gasteiger partial charge on any atom is 0.246 e. The van der Waals surface area contributed by atoms with Gasteiger partial charge in [-0.2, -0.15) is 0 Å². The molecule has 0 fully saturated rings. The molecule has 0 spiro atoms. The fraction of sp³-hybridized carbons (Fsp3) is 0.929. The largest absolute Gasteiger partial charge is 0.366 e. The second kappa shape index (κ2) is 7.00. The lowest BCUT2D eigenvalue weighted by Crippen LogP contribution is -2.32. The maximum atomic E-state index is 11.4. The van der Waals surface area contributed by atoms with Gasteiger partial charge in [-0.3, -0.25) is 4.79 Å². The second-order valence-electron chi connectivity index (χ2n) is 6.77. The van der Waals surface area contributed by atoms with Crippen molar-refractivity contribution in [3.8, 4) is 0 Å². The fourth-order valence-corrected chi connectivity index (χ4v) is 1.34. The first kappa shape index (κ1) is 16.4.